The van der Waals surface area contributed by atoms with E-state index < -0.39 is 17.6 Å². The third-order valence-electron chi connectivity index (χ3n) is 11.3. The van der Waals surface area contributed by atoms with E-state index in [9.17, 15) is 0 Å². The number of aromatic nitrogens is 2. The predicted molar refractivity (Wildman–Crippen MR) is 248 cm³/mol. The molecule has 0 aliphatic carbocycles. The summed E-state index contributed by atoms with van der Waals surface area (Å²) < 4.78 is 36.0. The lowest BCUT2D eigenvalue weighted by Gasteiger charge is -2.28. The topological polar surface area (TPSA) is 81.2 Å². The Labute approximate surface area is 357 Å². The molecule has 3 aromatic rings. The van der Waals surface area contributed by atoms with Gasteiger partial charge in [0.15, 0.2) is 0 Å². The van der Waals surface area contributed by atoms with Crippen molar-refractivity contribution in [3.8, 4) is 0 Å². The van der Waals surface area contributed by atoms with Crippen LogP contribution in [-0.4, -0.2) is 67.2 Å². The van der Waals surface area contributed by atoms with Crippen LogP contribution in [0.25, 0.3) is 21.8 Å². The molecule has 2 heterocycles. The molecule has 2 aromatic heterocycles. The summed E-state index contributed by atoms with van der Waals surface area (Å²) in [6, 6.07) is 11.0. The number of pyridine rings is 2. The summed E-state index contributed by atoms with van der Waals surface area (Å²) in [5, 5.41) is 2.56. The molecule has 0 saturated carbocycles. The summed E-state index contributed by atoms with van der Waals surface area (Å²) in [5.41, 5.74) is 4.96. The minimum atomic E-state index is -2.48. The van der Waals surface area contributed by atoms with E-state index in [0.29, 0.717) is 39.6 Å². The summed E-state index contributed by atoms with van der Waals surface area (Å²) >= 11 is 0. The number of nitrogens with zero attached hydrogens (tertiary/aromatic N) is 2. The van der Waals surface area contributed by atoms with Crippen LogP contribution < -0.4 is 0 Å². The maximum Gasteiger partial charge on any atom is 0.500 e. The summed E-state index contributed by atoms with van der Waals surface area (Å²) in [5.74, 6) is 0. The highest BCUT2D eigenvalue weighted by molar-refractivity contribution is 6.61. The van der Waals surface area contributed by atoms with Crippen molar-refractivity contribution in [2.45, 2.75) is 195 Å². The van der Waals surface area contributed by atoms with E-state index in [1.165, 1.54) is 137 Å². The van der Waals surface area contributed by atoms with E-state index in [1.807, 2.05) is 53.9 Å². The zero-order chi connectivity index (χ0) is 41.6. The first kappa shape index (κ1) is 50.6. The maximum absolute atomic E-state index is 6.00. The zero-order valence-corrected chi connectivity index (χ0v) is 40.0. The van der Waals surface area contributed by atoms with Crippen molar-refractivity contribution in [3.05, 3.63) is 47.8 Å². The summed E-state index contributed by atoms with van der Waals surface area (Å²) in [7, 11) is -4.95. The minimum absolute atomic E-state index is 0.662. The minimum Gasteiger partial charge on any atom is -0.374 e. The Morgan fingerprint density at radius 3 is 0.879 bits per heavy atom. The van der Waals surface area contributed by atoms with Crippen LogP contribution in [0.15, 0.2) is 36.7 Å². The van der Waals surface area contributed by atoms with Gasteiger partial charge in [0.05, 0.1) is 11.0 Å². The summed E-state index contributed by atoms with van der Waals surface area (Å²) in [4.78, 5) is 9.71. The Kier molecular flexibility index (Phi) is 27.2. The van der Waals surface area contributed by atoms with Crippen LogP contribution in [0.4, 0.5) is 0 Å². The number of fused-ring (bicyclic) bond motifs is 3. The molecule has 3 rings (SSSR count). The van der Waals surface area contributed by atoms with Crippen molar-refractivity contribution in [3.63, 3.8) is 0 Å². The monoisotopic (exact) mass is 841 g/mol. The molecule has 1 aromatic carbocycles. The molecule has 8 nitrogen and oxygen atoms in total. The molecule has 0 unspecified atom stereocenters. The Hall–Kier alpha value is -1.77. The second-order valence-corrected chi connectivity index (χ2v) is 21.3. The van der Waals surface area contributed by atoms with Crippen molar-refractivity contribution < 1.29 is 26.6 Å². The van der Waals surface area contributed by atoms with Gasteiger partial charge in [0, 0.05) is 74.9 Å². The third-order valence-corrected chi connectivity index (χ3v) is 17.6. The zero-order valence-electron chi connectivity index (χ0n) is 38.0. The number of aryl methyl sites for hydroxylation is 2. The van der Waals surface area contributed by atoms with E-state index >= 15 is 0 Å². The standard InChI is InChI=1S/C48H84N2O6Si2/c1-7-51-57(52-8-2,53-9-3)41-31-27-23-19-15-13-17-21-25-29-33-43-37-39-49-47-45(43)35-36-46-44(38-40-50-48(46)47)34-30-26-22-18-14-16-20-24-28-32-42-58(54-10-4,55-11-5)56-12-6/h35-40H,7-34,41-42H2,1-6H3. The highest BCUT2D eigenvalue weighted by Gasteiger charge is 2.40. The van der Waals surface area contributed by atoms with Gasteiger partial charge in [-0.3, -0.25) is 9.97 Å². The average molecular weight is 841 g/mol. The first-order valence-electron chi connectivity index (χ1n) is 24.0. The highest BCUT2D eigenvalue weighted by atomic mass is 28.4. The Bertz CT molecular complexity index is 1340. The third kappa shape index (κ3) is 18.5. The molecule has 0 amide bonds. The van der Waals surface area contributed by atoms with Gasteiger partial charge in [-0.15, -0.1) is 0 Å². The van der Waals surface area contributed by atoms with Crippen LogP contribution in [0.3, 0.4) is 0 Å². The molecule has 0 radical (unpaired) electrons. The van der Waals surface area contributed by atoms with Crippen molar-refractivity contribution in [2.24, 2.45) is 0 Å². The molecule has 0 saturated heterocycles. The molecule has 0 bridgehead atoms. The van der Waals surface area contributed by atoms with Crippen LogP contribution in [-0.2, 0) is 39.4 Å². The summed E-state index contributed by atoms with van der Waals surface area (Å²) in [6.07, 6.45) is 31.9. The fraction of sp³-hybridized carbons (Fsp3) is 0.750. The SMILES string of the molecule is CCO[Si](CCCCCCCCCCCCc1ccnc2c1ccc1c(CCCCCCCCCCCC[Si](OCC)(OCC)OCC)ccnc12)(OCC)OCC. The molecule has 0 aliphatic rings. The molecule has 10 heteroatoms. The van der Waals surface area contributed by atoms with Gasteiger partial charge < -0.3 is 26.6 Å². The van der Waals surface area contributed by atoms with Gasteiger partial charge in [0.2, 0.25) is 0 Å². The van der Waals surface area contributed by atoms with Crippen LogP contribution in [0.1, 0.15) is 181 Å². The molecule has 0 spiro atoms. The Balaban J connectivity index is 1.28. The van der Waals surface area contributed by atoms with Crippen LogP contribution in [0, 0.1) is 0 Å². The van der Waals surface area contributed by atoms with Gasteiger partial charge in [-0.2, -0.15) is 0 Å². The van der Waals surface area contributed by atoms with E-state index in [1.54, 1.807) is 0 Å². The van der Waals surface area contributed by atoms with Gasteiger partial charge in [0.25, 0.3) is 0 Å². The first-order valence-corrected chi connectivity index (χ1v) is 27.8. The van der Waals surface area contributed by atoms with Gasteiger partial charge in [-0.25, -0.2) is 0 Å². The number of benzene rings is 1. The molecule has 0 fully saturated rings. The highest BCUT2D eigenvalue weighted by Crippen LogP contribution is 2.29. The molecule has 0 N–H and O–H groups in total. The Morgan fingerprint density at radius 1 is 0.345 bits per heavy atom. The first-order chi connectivity index (χ1) is 28.5. The van der Waals surface area contributed by atoms with E-state index in [0.717, 1.165) is 48.8 Å². The molecule has 0 atom stereocenters. The smallest absolute Gasteiger partial charge is 0.374 e. The maximum atomic E-state index is 6.00. The lowest BCUT2D eigenvalue weighted by atomic mass is 9.97. The largest absolute Gasteiger partial charge is 0.500 e. The molecule has 58 heavy (non-hydrogen) atoms. The van der Waals surface area contributed by atoms with E-state index in [4.69, 9.17) is 36.5 Å². The van der Waals surface area contributed by atoms with Crippen LogP contribution >= 0.6 is 0 Å². The van der Waals surface area contributed by atoms with Gasteiger partial charge in [0.1, 0.15) is 0 Å². The van der Waals surface area contributed by atoms with Crippen molar-refractivity contribution in [1.29, 1.82) is 0 Å². The fourth-order valence-corrected chi connectivity index (χ4v) is 13.9. The van der Waals surface area contributed by atoms with Crippen molar-refractivity contribution >= 4 is 39.4 Å². The summed E-state index contributed by atoms with van der Waals surface area (Å²) in [6.45, 7) is 16.2. The van der Waals surface area contributed by atoms with Gasteiger partial charge in [-0.05, 0) is 103 Å². The van der Waals surface area contributed by atoms with Crippen LogP contribution in [0.5, 0.6) is 0 Å². The average Bonchev–Trinajstić information content (AvgIpc) is 3.22. The quantitative estimate of drug-likeness (QED) is 0.0321. The fourth-order valence-electron chi connectivity index (χ4n) is 8.52. The molecule has 330 valence electrons. The van der Waals surface area contributed by atoms with Crippen LogP contribution in [0.2, 0.25) is 12.1 Å². The predicted octanol–water partition coefficient (Wildman–Crippen LogP) is 13.8. The van der Waals surface area contributed by atoms with Crippen molar-refractivity contribution in [2.75, 3.05) is 39.6 Å². The number of unbranched alkanes of at least 4 members (excludes halogenated alkanes) is 18. The Morgan fingerprint density at radius 2 is 0.603 bits per heavy atom. The normalized spacial score (nSPS) is 12.4. The molecule has 0 aliphatic heterocycles. The second kappa shape index (κ2) is 31.1. The van der Waals surface area contributed by atoms with Crippen molar-refractivity contribution in [1.82, 2.24) is 9.97 Å². The van der Waals surface area contributed by atoms with E-state index in [2.05, 4.69) is 24.3 Å². The number of hydrogen-bond acceptors (Lipinski definition) is 8. The second-order valence-electron chi connectivity index (χ2n) is 15.8. The lowest BCUT2D eigenvalue weighted by molar-refractivity contribution is 0.0698. The van der Waals surface area contributed by atoms with E-state index in [-0.39, 0.29) is 0 Å². The van der Waals surface area contributed by atoms with Gasteiger partial charge in [-0.1, -0.05) is 115 Å². The molecular weight excluding hydrogens is 757 g/mol. The number of hydrogen-bond donors (Lipinski definition) is 0. The molecular formula is C48H84N2O6Si2. The number of rotatable bonds is 38. The lowest BCUT2D eigenvalue weighted by Crippen LogP contribution is -2.45. The van der Waals surface area contributed by atoms with Gasteiger partial charge >= 0.3 is 17.6 Å².